The van der Waals surface area contributed by atoms with E-state index < -0.39 is 0 Å². The van der Waals surface area contributed by atoms with Gasteiger partial charge in [0, 0.05) is 13.2 Å². The molecule has 0 bridgehead atoms. The lowest BCUT2D eigenvalue weighted by Gasteiger charge is -2.03. The van der Waals surface area contributed by atoms with Gasteiger partial charge in [-0.2, -0.15) is 0 Å². The molecule has 0 aliphatic rings. The van der Waals surface area contributed by atoms with Crippen LogP contribution in [-0.2, 0) is 9.53 Å². The SMILES string of the molecule is CCNNC(=O)CCOCC. The number of ether oxygens (including phenoxy) is 1. The molecule has 1 amide bonds. The quantitative estimate of drug-likeness (QED) is 0.426. The Morgan fingerprint density at radius 2 is 2.18 bits per heavy atom. The topological polar surface area (TPSA) is 50.4 Å². The minimum Gasteiger partial charge on any atom is -0.381 e. The van der Waals surface area contributed by atoms with Crippen molar-refractivity contribution in [3.63, 3.8) is 0 Å². The molecule has 4 nitrogen and oxygen atoms in total. The van der Waals surface area contributed by atoms with E-state index in [4.69, 9.17) is 4.74 Å². The maximum atomic E-state index is 10.8. The van der Waals surface area contributed by atoms with E-state index in [1.165, 1.54) is 0 Å². The van der Waals surface area contributed by atoms with Gasteiger partial charge in [-0.15, -0.1) is 0 Å². The van der Waals surface area contributed by atoms with E-state index in [2.05, 4.69) is 10.9 Å². The average molecular weight is 160 g/mol. The van der Waals surface area contributed by atoms with Crippen molar-refractivity contribution in [1.82, 2.24) is 10.9 Å². The van der Waals surface area contributed by atoms with Crippen molar-refractivity contribution in [2.24, 2.45) is 0 Å². The van der Waals surface area contributed by atoms with Crippen molar-refractivity contribution in [3.05, 3.63) is 0 Å². The Morgan fingerprint density at radius 3 is 2.73 bits per heavy atom. The largest absolute Gasteiger partial charge is 0.381 e. The van der Waals surface area contributed by atoms with Crippen LogP contribution < -0.4 is 10.9 Å². The van der Waals surface area contributed by atoms with Gasteiger partial charge < -0.3 is 4.74 Å². The Bertz CT molecular complexity index is 107. The first-order valence-corrected chi connectivity index (χ1v) is 3.90. The fraction of sp³-hybridized carbons (Fsp3) is 0.857. The fourth-order valence-electron chi connectivity index (χ4n) is 0.559. The lowest BCUT2D eigenvalue weighted by atomic mass is 10.4. The van der Waals surface area contributed by atoms with Gasteiger partial charge in [-0.25, -0.2) is 5.43 Å². The minimum atomic E-state index is -0.0275. The highest BCUT2D eigenvalue weighted by atomic mass is 16.5. The second kappa shape index (κ2) is 7.50. The van der Waals surface area contributed by atoms with E-state index in [0.717, 1.165) is 6.54 Å². The van der Waals surface area contributed by atoms with Crippen LogP contribution in [0.5, 0.6) is 0 Å². The van der Waals surface area contributed by atoms with E-state index in [-0.39, 0.29) is 5.91 Å². The molecule has 0 rings (SSSR count). The summed E-state index contributed by atoms with van der Waals surface area (Å²) in [5.41, 5.74) is 5.24. The molecular weight excluding hydrogens is 144 g/mol. The van der Waals surface area contributed by atoms with E-state index in [1.54, 1.807) is 0 Å². The predicted molar refractivity (Wildman–Crippen MR) is 42.9 cm³/mol. The first-order valence-electron chi connectivity index (χ1n) is 3.90. The number of carbonyl (C=O) groups is 1. The van der Waals surface area contributed by atoms with Gasteiger partial charge in [-0.05, 0) is 6.92 Å². The molecule has 0 aliphatic heterocycles. The van der Waals surface area contributed by atoms with E-state index >= 15 is 0 Å². The van der Waals surface area contributed by atoms with Gasteiger partial charge in [-0.3, -0.25) is 10.2 Å². The molecule has 0 atom stereocenters. The third-order valence-electron chi connectivity index (χ3n) is 1.08. The van der Waals surface area contributed by atoms with Crippen molar-refractivity contribution in [1.29, 1.82) is 0 Å². The summed E-state index contributed by atoms with van der Waals surface area (Å²) in [5, 5.41) is 0. The number of hydrazine groups is 1. The predicted octanol–water partition coefficient (Wildman–Crippen LogP) is 0.0537. The molecule has 0 saturated heterocycles. The molecule has 66 valence electrons. The highest BCUT2D eigenvalue weighted by Crippen LogP contribution is 1.80. The van der Waals surface area contributed by atoms with Crippen molar-refractivity contribution < 1.29 is 9.53 Å². The van der Waals surface area contributed by atoms with Crippen LogP contribution in [0.2, 0.25) is 0 Å². The molecule has 0 unspecified atom stereocenters. The molecule has 0 radical (unpaired) electrons. The lowest BCUT2D eigenvalue weighted by molar-refractivity contribution is -0.123. The maximum absolute atomic E-state index is 10.8. The summed E-state index contributed by atoms with van der Waals surface area (Å²) in [6, 6.07) is 0. The Labute approximate surface area is 67.3 Å². The monoisotopic (exact) mass is 160 g/mol. The first kappa shape index (κ1) is 10.4. The first-order chi connectivity index (χ1) is 5.31. The zero-order chi connectivity index (χ0) is 8.53. The van der Waals surface area contributed by atoms with Crippen molar-refractivity contribution >= 4 is 5.91 Å². The normalized spacial score (nSPS) is 9.64. The molecular formula is C7H16N2O2. The van der Waals surface area contributed by atoms with Crippen LogP contribution in [0.3, 0.4) is 0 Å². The number of rotatable bonds is 6. The van der Waals surface area contributed by atoms with Gasteiger partial charge in [0.05, 0.1) is 13.0 Å². The lowest BCUT2D eigenvalue weighted by Crippen LogP contribution is -2.37. The second-order valence-corrected chi connectivity index (χ2v) is 2.03. The number of amides is 1. The van der Waals surface area contributed by atoms with E-state index in [1.807, 2.05) is 13.8 Å². The zero-order valence-corrected chi connectivity index (χ0v) is 7.14. The number of carbonyl (C=O) groups excluding carboxylic acids is 1. The van der Waals surface area contributed by atoms with Crippen LogP contribution in [-0.4, -0.2) is 25.7 Å². The number of nitrogens with one attached hydrogen (secondary N) is 2. The highest BCUT2D eigenvalue weighted by Gasteiger charge is 1.97. The van der Waals surface area contributed by atoms with Crippen LogP contribution in [0.1, 0.15) is 20.3 Å². The summed E-state index contributed by atoms with van der Waals surface area (Å²) in [6.45, 7) is 5.72. The molecule has 0 aromatic rings. The van der Waals surface area contributed by atoms with Crippen LogP contribution in [0.25, 0.3) is 0 Å². The smallest absolute Gasteiger partial charge is 0.236 e. The number of hydrogen-bond donors (Lipinski definition) is 2. The molecule has 0 aromatic heterocycles. The van der Waals surface area contributed by atoms with E-state index in [0.29, 0.717) is 19.6 Å². The van der Waals surface area contributed by atoms with Crippen molar-refractivity contribution in [3.8, 4) is 0 Å². The average Bonchev–Trinajstić information content (AvgIpc) is 2.01. The van der Waals surface area contributed by atoms with Gasteiger partial charge in [0.1, 0.15) is 0 Å². The summed E-state index contributed by atoms with van der Waals surface area (Å²) in [4.78, 5) is 10.8. The molecule has 0 fully saturated rings. The zero-order valence-electron chi connectivity index (χ0n) is 7.14. The third kappa shape index (κ3) is 7.29. The summed E-state index contributed by atoms with van der Waals surface area (Å²) in [5.74, 6) is -0.0275. The Kier molecular flexibility index (Phi) is 7.08. The van der Waals surface area contributed by atoms with Gasteiger partial charge >= 0.3 is 0 Å². The summed E-state index contributed by atoms with van der Waals surface area (Å²) in [6.07, 6.45) is 0.418. The van der Waals surface area contributed by atoms with E-state index in [9.17, 15) is 4.79 Å². The second-order valence-electron chi connectivity index (χ2n) is 2.03. The molecule has 0 aliphatic carbocycles. The number of hydrogen-bond acceptors (Lipinski definition) is 3. The third-order valence-corrected chi connectivity index (χ3v) is 1.08. The Hall–Kier alpha value is -0.610. The van der Waals surface area contributed by atoms with Crippen molar-refractivity contribution in [2.75, 3.05) is 19.8 Å². The fourth-order valence-corrected chi connectivity index (χ4v) is 0.559. The standard InChI is InChI=1S/C7H16N2O2/c1-3-8-9-7(10)5-6-11-4-2/h8H,3-6H2,1-2H3,(H,9,10). The molecule has 4 heteroatoms. The van der Waals surface area contributed by atoms with Gasteiger partial charge in [0.2, 0.25) is 5.91 Å². The molecule has 0 heterocycles. The summed E-state index contributed by atoms with van der Waals surface area (Å²) < 4.78 is 5.00. The van der Waals surface area contributed by atoms with Gasteiger partial charge in [-0.1, -0.05) is 6.92 Å². The summed E-state index contributed by atoms with van der Waals surface area (Å²) >= 11 is 0. The molecule has 2 N–H and O–H groups in total. The molecule has 0 spiro atoms. The van der Waals surface area contributed by atoms with Crippen LogP contribution in [0.4, 0.5) is 0 Å². The Balaban J connectivity index is 3.09. The van der Waals surface area contributed by atoms with Gasteiger partial charge in [0.25, 0.3) is 0 Å². The summed E-state index contributed by atoms with van der Waals surface area (Å²) in [7, 11) is 0. The molecule has 0 aromatic carbocycles. The highest BCUT2D eigenvalue weighted by molar-refractivity contribution is 5.75. The minimum absolute atomic E-state index is 0.0275. The molecule has 0 saturated carbocycles. The van der Waals surface area contributed by atoms with Crippen molar-refractivity contribution in [2.45, 2.75) is 20.3 Å². The Morgan fingerprint density at radius 1 is 1.45 bits per heavy atom. The van der Waals surface area contributed by atoms with Crippen LogP contribution in [0.15, 0.2) is 0 Å². The van der Waals surface area contributed by atoms with Crippen LogP contribution >= 0.6 is 0 Å². The molecule has 11 heavy (non-hydrogen) atoms. The maximum Gasteiger partial charge on any atom is 0.236 e. The van der Waals surface area contributed by atoms with Gasteiger partial charge in [0.15, 0.2) is 0 Å². The van der Waals surface area contributed by atoms with Crippen LogP contribution in [0, 0.1) is 0 Å².